The first kappa shape index (κ1) is 13.5. The van der Waals surface area contributed by atoms with Crippen molar-refractivity contribution >= 4 is 0 Å². The Kier molecular flexibility index (Phi) is 4.06. The van der Waals surface area contributed by atoms with Crippen LogP contribution in [-0.4, -0.2) is 17.0 Å². The Hall–Kier alpha value is -0.890. The molecule has 1 heterocycles. The van der Waals surface area contributed by atoms with Crippen molar-refractivity contribution in [3.8, 4) is 0 Å². The molecular weight excluding hydrogens is 225 g/mol. The van der Waals surface area contributed by atoms with Crippen LogP contribution in [0.25, 0.3) is 0 Å². The summed E-state index contributed by atoms with van der Waals surface area (Å²) in [6.45, 7) is 9.20. The molecule has 4 atom stereocenters. The van der Waals surface area contributed by atoms with Crippen molar-refractivity contribution in [3.63, 3.8) is 0 Å². The zero-order valence-corrected chi connectivity index (χ0v) is 11.9. The topological polar surface area (TPSA) is 3.24 Å². The van der Waals surface area contributed by atoms with E-state index >= 15 is 0 Å². The average Bonchev–Trinajstić information content (AvgIpc) is 2.35. The van der Waals surface area contributed by atoms with Gasteiger partial charge in [-0.1, -0.05) is 19.1 Å². The quantitative estimate of drug-likeness (QED) is 0.751. The molecule has 1 saturated heterocycles. The van der Waals surface area contributed by atoms with E-state index in [0.29, 0.717) is 18.1 Å². The molecule has 0 saturated carbocycles. The molecule has 2 rings (SSSR count). The molecule has 1 aliphatic rings. The molecule has 1 fully saturated rings. The highest BCUT2D eigenvalue weighted by Gasteiger charge is 2.33. The molecular formula is C16H24FN. The predicted molar refractivity (Wildman–Crippen MR) is 74.0 cm³/mol. The third-order valence-electron chi connectivity index (χ3n) is 4.64. The van der Waals surface area contributed by atoms with Crippen molar-refractivity contribution in [3.05, 3.63) is 35.6 Å². The molecule has 0 aromatic heterocycles. The lowest BCUT2D eigenvalue weighted by atomic mass is 9.86. The van der Waals surface area contributed by atoms with E-state index in [0.717, 1.165) is 5.92 Å². The Morgan fingerprint density at radius 2 is 1.72 bits per heavy atom. The van der Waals surface area contributed by atoms with Crippen molar-refractivity contribution in [2.45, 2.75) is 58.7 Å². The number of hydrogen-bond donors (Lipinski definition) is 0. The summed E-state index contributed by atoms with van der Waals surface area (Å²) in [5.41, 5.74) is 1.21. The summed E-state index contributed by atoms with van der Waals surface area (Å²) in [5, 5.41) is 0. The van der Waals surface area contributed by atoms with Crippen LogP contribution in [0, 0.1) is 11.7 Å². The van der Waals surface area contributed by atoms with Crippen LogP contribution in [0.4, 0.5) is 4.39 Å². The molecule has 0 amide bonds. The molecule has 1 nitrogen and oxygen atoms in total. The lowest BCUT2D eigenvalue weighted by Crippen LogP contribution is -2.48. The summed E-state index contributed by atoms with van der Waals surface area (Å²) in [7, 11) is 0. The third kappa shape index (κ3) is 2.59. The summed E-state index contributed by atoms with van der Waals surface area (Å²) in [6.07, 6.45) is 2.58. The Bertz CT molecular complexity index is 387. The maximum Gasteiger partial charge on any atom is 0.123 e. The zero-order valence-electron chi connectivity index (χ0n) is 11.9. The maximum absolute atomic E-state index is 13.0. The van der Waals surface area contributed by atoms with Gasteiger partial charge in [-0.05, 0) is 57.2 Å². The fourth-order valence-corrected chi connectivity index (χ4v) is 3.24. The smallest absolute Gasteiger partial charge is 0.123 e. The van der Waals surface area contributed by atoms with Crippen LogP contribution in [0.5, 0.6) is 0 Å². The van der Waals surface area contributed by atoms with E-state index in [1.807, 2.05) is 12.1 Å². The van der Waals surface area contributed by atoms with Crippen LogP contribution in [-0.2, 0) is 0 Å². The van der Waals surface area contributed by atoms with Gasteiger partial charge in [-0.25, -0.2) is 4.39 Å². The molecule has 1 aromatic rings. The van der Waals surface area contributed by atoms with Gasteiger partial charge in [0.2, 0.25) is 0 Å². The van der Waals surface area contributed by atoms with Gasteiger partial charge in [0.15, 0.2) is 0 Å². The van der Waals surface area contributed by atoms with E-state index in [4.69, 9.17) is 0 Å². The molecule has 0 bridgehead atoms. The number of halogens is 1. The van der Waals surface area contributed by atoms with Crippen molar-refractivity contribution in [2.75, 3.05) is 0 Å². The predicted octanol–water partition coefficient (Wildman–Crippen LogP) is 4.40. The van der Waals surface area contributed by atoms with Crippen LogP contribution in [0.3, 0.4) is 0 Å². The highest BCUT2D eigenvalue weighted by molar-refractivity contribution is 5.20. The molecule has 100 valence electrons. The van der Waals surface area contributed by atoms with Crippen molar-refractivity contribution in [2.24, 2.45) is 5.92 Å². The van der Waals surface area contributed by atoms with Crippen LogP contribution in [0.1, 0.15) is 52.1 Å². The van der Waals surface area contributed by atoms with Gasteiger partial charge < -0.3 is 0 Å². The van der Waals surface area contributed by atoms with Gasteiger partial charge in [-0.2, -0.15) is 0 Å². The summed E-state index contributed by atoms with van der Waals surface area (Å²) >= 11 is 0. The summed E-state index contributed by atoms with van der Waals surface area (Å²) in [5.74, 6) is 0.586. The van der Waals surface area contributed by atoms with Crippen molar-refractivity contribution in [1.82, 2.24) is 4.90 Å². The van der Waals surface area contributed by atoms with Crippen LogP contribution in [0.15, 0.2) is 24.3 Å². The second-order valence-electron chi connectivity index (χ2n) is 5.82. The van der Waals surface area contributed by atoms with E-state index < -0.39 is 0 Å². The molecule has 0 N–H and O–H groups in total. The number of rotatable bonds is 2. The van der Waals surface area contributed by atoms with E-state index in [1.54, 1.807) is 12.1 Å². The fraction of sp³-hybridized carbons (Fsp3) is 0.625. The zero-order chi connectivity index (χ0) is 13.3. The average molecular weight is 249 g/mol. The maximum atomic E-state index is 13.0. The first-order valence-corrected chi connectivity index (χ1v) is 7.03. The monoisotopic (exact) mass is 249 g/mol. The SMILES string of the molecule is CC1CC[C@@H](C)N(C(C)c2ccc(F)cc2)C1C. The van der Waals surface area contributed by atoms with E-state index in [2.05, 4.69) is 32.6 Å². The number of likely N-dealkylation sites (tertiary alicyclic amines) is 1. The first-order valence-electron chi connectivity index (χ1n) is 7.03. The van der Waals surface area contributed by atoms with Gasteiger partial charge in [0.1, 0.15) is 5.82 Å². The van der Waals surface area contributed by atoms with E-state index in [1.165, 1.54) is 18.4 Å². The highest BCUT2D eigenvalue weighted by Crippen LogP contribution is 2.34. The summed E-state index contributed by atoms with van der Waals surface area (Å²) < 4.78 is 13.0. The molecule has 0 aliphatic carbocycles. The van der Waals surface area contributed by atoms with Gasteiger partial charge in [0.25, 0.3) is 0 Å². The largest absolute Gasteiger partial charge is 0.291 e. The van der Waals surface area contributed by atoms with E-state index in [9.17, 15) is 4.39 Å². The lowest BCUT2D eigenvalue weighted by Gasteiger charge is -2.46. The Balaban J connectivity index is 2.20. The second-order valence-corrected chi connectivity index (χ2v) is 5.82. The van der Waals surface area contributed by atoms with Gasteiger partial charge in [-0.15, -0.1) is 0 Å². The van der Waals surface area contributed by atoms with Crippen LogP contribution < -0.4 is 0 Å². The highest BCUT2D eigenvalue weighted by atomic mass is 19.1. The number of nitrogens with zero attached hydrogens (tertiary/aromatic N) is 1. The minimum atomic E-state index is -0.154. The minimum Gasteiger partial charge on any atom is -0.291 e. The molecule has 0 radical (unpaired) electrons. The van der Waals surface area contributed by atoms with Gasteiger partial charge in [0, 0.05) is 18.1 Å². The molecule has 18 heavy (non-hydrogen) atoms. The molecule has 0 spiro atoms. The third-order valence-corrected chi connectivity index (χ3v) is 4.64. The van der Waals surface area contributed by atoms with Crippen LogP contribution >= 0.6 is 0 Å². The molecule has 1 aromatic carbocycles. The summed E-state index contributed by atoms with van der Waals surface area (Å²) in [6, 6.07) is 8.52. The van der Waals surface area contributed by atoms with E-state index in [-0.39, 0.29) is 5.82 Å². The molecule has 1 aliphatic heterocycles. The fourth-order valence-electron chi connectivity index (χ4n) is 3.24. The number of piperidine rings is 1. The Morgan fingerprint density at radius 3 is 2.33 bits per heavy atom. The van der Waals surface area contributed by atoms with Gasteiger partial charge in [0.05, 0.1) is 0 Å². The normalized spacial score (nSPS) is 31.3. The summed E-state index contributed by atoms with van der Waals surface area (Å²) in [4.78, 5) is 2.58. The van der Waals surface area contributed by atoms with Gasteiger partial charge in [-0.3, -0.25) is 4.90 Å². The number of benzene rings is 1. The lowest BCUT2D eigenvalue weighted by molar-refractivity contribution is 0.0292. The van der Waals surface area contributed by atoms with Crippen molar-refractivity contribution in [1.29, 1.82) is 0 Å². The Labute approximate surface area is 110 Å². The first-order chi connectivity index (χ1) is 8.50. The van der Waals surface area contributed by atoms with Crippen LogP contribution in [0.2, 0.25) is 0 Å². The second kappa shape index (κ2) is 5.40. The standard InChI is InChI=1S/C16H24FN/c1-11-5-6-12(2)18(13(11)3)14(4)15-7-9-16(17)10-8-15/h7-14H,5-6H2,1-4H3/t11?,12-,13?,14?/m1/s1. The molecule has 3 unspecified atom stereocenters. The Morgan fingerprint density at radius 1 is 1.11 bits per heavy atom. The number of hydrogen-bond acceptors (Lipinski definition) is 1. The van der Waals surface area contributed by atoms with Crippen molar-refractivity contribution < 1.29 is 4.39 Å². The molecule has 2 heteroatoms. The van der Waals surface area contributed by atoms with Gasteiger partial charge >= 0.3 is 0 Å². The minimum absolute atomic E-state index is 0.154.